The molecular weight excluding hydrogens is 762 g/mol. The monoisotopic (exact) mass is 801 g/mol. The maximum atomic E-state index is 14.5. The summed E-state index contributed by atoms with van der Waals surface area (Å²) >= 11 is 0. The maximum absolute atomic E-state index is 14.5. The van der Waals surface area contributed by atoms with E-state index < -0.39 is 92.4 Å². The standard InChI is InChI=1S/C39H39N5O14/c40-38-42-35-28(36(54)43-38)41-17-44(35)25-4-2-1-3-19(25)12-20-13-24-27(30(51)23-11-18(14-47)5-6-22(23)29(24)50)33(56-16-21(49)7-9-45)32(20)58-37-39(55,8-10-46)34(53)31(52)26(15-48)57-37/h1-6,9,11,13,21,26,31,34,37,46-49,52-53,55H,7-8,10,12,14-17H2,(H2,40,43,54)/t21-,26+,31+,34-,37-,39+/m1/s1. The lowest BCUT2D eigenvalue weighted by Gasteiger charge is -2.47. The smallest absolute Gasteiger partial charge is 0.302 e. The number of carbonyl (C=O) groups is 4. The van der Waals surface area contributed by atoms with Crippen molar-refractivity contribution in [3.05, 3.63) is 87.5 Å². The van der Waals surface area contributed by atoms with Gasteiger partial charge in [-0.1, -0.05) is 24.3 Å². The first-order valence-electron chi connectivity index (χ1n) is 18.1. The van der Waals surface area contributed by atoms with Crippen LogP contribution in [-0.4, -0.2) is 140 Å². The van der Waals surface area contributed by atoms with E-state index in [0.29, 0.717) is 23.1 Å². The van der Waals surface area contributed by atoms with Crippen LogP contribution >= 0.6 is 0 Å². The van der Waals surface area contributed by atoms with Crippen molar-refractivity contribution in [3.8, 4) is 11.5 Å². The number of aliphatic hydroxyl groups is 7. The average molecular weight is 802 g/mol. The zero-order valence-corrected chi connectivity index (χ0v) is 30.6. The summed E-state index contributed by atoms with van der Waals surface area (Å²) in [6.07, 6.45) is -9.56. The Bertz CT molecular complexity index is 2280. The van der Waals surface area contributed by atoms with Crippen molar-refractivity contribution in [2.75, 3.05) is 31.4 Å². The van der Waals surface area contributed by atoms with Crippen LogP contribution in [0.2, 0.25) is 0 Å². The van der Waals surface area contributed by atoms with Crippen molar-refractivity contribution in [1.29, 1.82) is 0 Å². The van der Waals surface area contributed by atoms with Gasteiger partial charge in [0.05, 0.1) is 24.9 Å². The summed E-state index contributed by atoms with van der Waals surface area (Å²) in [5, 5.41) is 74.1. The van der Waals surface area contributed by atoms with E-state index in [1.54, 1.807) is 29.2 Å². The van der Waals surface area contributed by atoms with E-state index in [1.165, 1.54) is 24.3 Å². The van der Waals surface area contributed by atoms with Gasteiger partial charge in [0, 0.05) is 53.8 Å². The third kappa shape index (κ3) is 7.07. The molecule has 0 saturated carbocycles. The number of aldehydes is 1. The topological polar surface area (TPSA) is 304 Å². The van der Waals surface area contributed by atoms with Crippen LogP contribution in [0.1, 0.15) is 61.4 Å². The number of guanidine groups is 1. The molecule has 304 valence electrons. The summed E-state index contributed by atoms with van der Waals surface area (Å²) in [6, 6.07) is 12.4. The molecule has 3 aromatic carbocycles. The molecule has 7 rings (SSSR count). The molecule has 1 aliphatic carbocycles. The second-order valence-corrected chi connectivity index (χ2v) is 14.0. The van der Waals surface area contributed by atoms with Gasteiger partial charge in [-0.2, -0.15) is 9.98 Å². The zero-order chi connectivity index (χ0) is 41.5. The first-order chi connectivity index (χ1) is 27.8. The molecule has 1 saturated heterocycles. The third-order valence-corrected chi connectivity index (χ3v) is 10.3. The minimum Gasteiger partial charge on any atom is -0.486 e. The van der Waals surface area contributed by atoms with E-state index in [4.69, 9.17) is 19.9 Å². The number of anilines is 1. The number of benzene rings is 3. The van der Waals surface area contributed by atoms with Crippen molar-refractivity contribution in [2.45, 2.75) is 62.2 Å². The molecule has 3 aromatic rings. The van der Waals surface area contributed by atoms with Crippen LogP contribution in [0.25, 0.3) is 0 Å². The fourth-order valence-electron chi connectivity index (χ4n) is 7.33. The van der Waals surface area contributed by atoms with Gasteiger partial charge in [0.25, 0.3) is 0 Å². The zero-order valence-electron chi connectivity index (χ0n) is 30.6. The van der Waals surface area contributed by atoms with E-state index in [1.807, 2.05) is 0 Å². The molecule has 1 fully saturated rings. The number of nitrogens with two attached hydrogens (primary N) is 1. The Labute approximate surface area is 329 Å². The lowest BCUT2D eigenvalue weighted by molar-refractivity contribution is -0.323. The Hall–Kier alpha value is -5.77. The van der Waals surface area contributed by atoms with Crippen LogP contribution in [0.3, 0.4) is 0 Å². The van der Waals surface area contributed by atoms with Gasteiger partial charge in [-0.05, 0) is 35.4 Å². The minimum absolute atomic E-state index is 0.0125. The van der Waals surface area contributed by atoms with Crippen molar-refractivity contribution in [2.24, 2.45) is 20.7 Å². The summed E-state index contributed by atoms with van der Waals surface area (Å²) in [5.41, 5.74) is 4.03. The fourth-order valence-corrected chi connectivity index (χ4v) is 7.33. The number of hydrogen-bond donors (Lipinski definition) is 8. The van der Waals surface area contributed by atoms with Crippen LogP contribution in [-0.2, 0) is 27.4 Å². The lowest BCUT2D eigenvalue weighted by atomic mass is 9.81. The molecule has 0 unspecified atom stereocenters. The van der Waals surface area contributed by atoms with Gasteiger partial charge in [-0.25, -0.2) is 0 Å². The summed E-state index contributed by atoms with van der Waals surface area (Å²) < 4.78 is 18.3. The number of ketones is 2. The molecule has 1 amide bonds. The number of amidine groups is 1. The van der Waals surface area contributed by atoms with Gasteiger partial charge in [-0.15, -0.1) is 0 Å². The van der Waals surface area contributed by atoms with E-state index >= 15 is 0 Å². The van der Waals surface area contributed by atoms with Gasteiger partial charge in [0.15, 0.2) is 40.2 Å². The highest BCUT2D eigenvalue weighted by Crippen LogP contribution is 2.46. The van der Waals surface area contributed by atoms with Crippen molar-refractivity contribution < 1.29 is 69.1 Å². The molecule has 4 aliphatic rings. The van der Waals surface area contributed by atoms with Gasteiger partial charge in [0.1, 0.15) is 37.9 Å². The van der Waals surface area contributed by atoms with Gasteiger partial charge in [-0.3, -0.25) is 19.4 Å². The molecule has 6 atom stereocenters. The predicted octanol–water partition coefficient (Wildman–Crippen LogP) is -1.72. The third-order valence-electron chi connectivity index (χ3n) is 10.3. The van der Waals surface area contributed by atoms with Gasteiger partial charge < -0.3 is 65.4 Å². The van der Waals surface area contributed by atoms with Crippen LogP contribution in [0, 0.1) is 0 Å². The molecule has 0 bridgehead atoms. The van der Waals surface area contributed by atoms with Gasteiger partial charge in [0.2, 0.25) is 12.2 Å². The van der Waals surface area contributed by atoms with Gasteiger partial charge >= 0.3 is 5.91 Å². The van der Waals surface area contributed by atoms with Crippen molar-refractivity contribution in [1.82, 2.24) is 0 Å². The first kappa shape index (κ1) is 40.4. The number of hydrogen-bond acceptors (Lipinski definition) is 18. The molecule has 0 radical (unpaired) electrons. The van der Waals surface area contributed by atoms with Crippen LogP contribution in [0.5, 0.6) is 11.5 Å². The molecular formula is C39H39N5O14. The van der Waals surface area contributed by atoms with Crippen LogP contribution < -0.4 is 20.1 Å². The number of amides is 1. The Balaban J connectivity index is 1.44. The first-order valence-corrected chi connectivity index (χ1v) is 18.1. The fraction of sp³-hybridized carbons (Fsp3) is 0.359. The van der Waals surface area contributed by atoms with E-state index in [-0.39, 0.29) is 70.6 Å². The number of aliphatic imine (C=N–C) groups is 3. The predicted molar refractivity (Wildman–Crippen MR) is 201 cm³/mol. The molecule has 19 heteroatoms. The number of para-hydroxylation sites is 1. The van der Waals surface area contributed by atoms with Crippen molar-refractivity contribution in [3.63, 3.8) is 0 Å². The van der Waals surface area contributed by atoms with E-state index in [9.17, 15) is 54.9 Å². The molecule has 58 heavy (non-hydrogen) atoms. The summed E-state index contributed by atoms with van der Waals surface area (Å²) in [4.78, 5) is 66.5. The normalized spacial score (nSPS) is 24.3. The Kier molecular flexibility index (Phi) is 11.3. The minimum atomic E-state index is -2.56. The number of rotatable bonds is 14. The maximum Gasteiger partial charge on any atom is 0.302 e. The second-order valence-electron chi connectivity index (χ2n) is 14.0. The number of carbonyl (C=O) groups excluding carboxylic acids is 4. The highest BCUT2D eigenvalue weighted by atomic mass is 16.7. The molecule has 9 N–H and O–H groups in total. The summed E-state index contributed by atoms with van der Waals surface area (Å²) in [5.74, 6) is -3.02. The number of aliphatic hydroxyl groups excluding tert-OH is 6. The lowest BCUT2D eigenvalue weighted by Crippen LogP contribution is -2.68. The average Bonchev–Trinajstić information content (AvgIpc) is 3.64. The summed E-state index contributed by atoms with van der Waals surface area (Å²) in [6.45, 7) is -2.72. The number of nitrogens with zero attached hydrogens (tertiary/aromatic N) is 4. The van der Waals surface area contributed by atoms with E-state index in [2.05, 4.69) is 15.0 Å². The molecule has 19 nitrogen and oxygen atoms in total. The largest absolute Gasteiger partial charge is 0.486 e. The van der Waals surface area contributed by atoms with Crippen LogP contribution in [0.15, 0.2) is 63.5 Å². The molecule has 3 heterocycles. The van der Waals surface area contributed by atoms with E-state index in [0.717, 1.165) is 0 Å². The number of ether oxygens (including phenoxy) is 3. The second kappa shape index (κ2) is 16.2. The SMILES string of the molecule is NC1=NC(=O)C2=NCN(c3ccccc3Cc3cc4c(c(OC[C@H](O)CC=O)c3O[C@H]3O[C@@H](CO)[C@H](O)[C@@H](O)[C@@]3(O)CCO)C(=O)c3cc(CO)ccc3C4=O)C2=N1. The molecule has 0 aromatic heterocycles. The highest BCUT2D eigenvalue weighted by Gasteiger charge is 2.56. The Morgan fingerprint density at radius 3 is 2.48 bits per heavy atom. The van der Waals surface area contributed by atoms with Crippen LogP contribution in [0.4, 0.5) is 5.69 Å². The quantitative estimate of drug-likeness (QED) is 0.0658. The summed E-state index contributed by atoms with van der Waals surface area (Å²) in [7, 11) is 0. The molecule has 3 aliphatic heterocycles. The molecule has 0 spiro atoms. The number of fused-ring (bicyclic) bond motifs is 3. The Morgan fingerprint density at radius 1 is 0.983 bits per heavy atom. The van der Waals surface area contributed by atoms with Crippen molar-refractivity contribution >= 4 is 47.0 Å². The Morgan fingerprint density at radius 2 is 1.76 bits per heavy atom. The highest BCUT2D eigenvalue weighted by molar-refractivity contribution is 6.72.